The Hall–Kier alpha value is -2.74. The summed E-state index contributed by atoms with van der Waals surface area (Å²) in [4.78, 5) is 22.0. The van der Waals surface area contributed by atoms with Gasteiger partial charge in [-0.1, -0.05) is 11.6 Å². The van der Waals surface area contributed by atoms with E-state index in [0.717, 1.165) is 5.39 Å². The monoisotopic (exact) mass is 361 g/mol. The number of halogens is 1. The number of furan rings is 1. The maximum Gasteiger partial charge on any atom is 0.407 e. The summed E-state index contributed by atoms with van der Waals surface area (Å²) in [6.45, 7) is 1.18. The number of benzene rings is 1. The second-order valence-corrected chi connectivity index (χ2v) is 6.27. The molecular weight excluding hydrogens is 346 g/mol. The topological polar surface area (TPSA) is 107 Å². The van der Waals surface area contributed by atoms with Gasteiger partial charge in [-0.15, -0.1) is 0 Å². The first kappa shape index (κ1) is 15.8. The maximum absolute atomic E-state index is 11.4. The number of nitrogen functional groups attached to an aromatic ring is 1. The summed E-state index contributed by atoms with van der Waals surface area (Å²) in [6.07, 6.45) is 0.0350. The number of rotatable bonds is 2. The summed E-state index contributed by atoms with van der Waals surface area (Å²) in [5, 5.41) is 3.83. The number of alkyl carbamates (subject to hydrolysis) is 1. The van der Waals surface area contributed by atoms with Crippen molar-refractivity contribution in [1.82, 2.24) is 15.3 Å². The predicted octanol–water partition coefficient (Wildman–Crippen LogP) is 2.55. The Balaban J connectivity index is 1.75. The molecule has 8 nitrogen and oxygen atoms in total. The van der Waals surface area contributed by atoms with Gasteiger partial charge < -0.3 is 25.1 Å². The summed E-state index contributed by atoms with van der Waals surface area (Å²) in [5.74, 6) is 0.749. The highest BCUT2D eigenvalue weighted by Crippen LogP contribution is 2.35. The number of nitrogens with one attached hydrogen (secondary N) is 1. The molecule has 25 heavy (non-hydrogen) atoms. The number of nitrogens with zero attached hydrogens (tertiary/aromatic N) is 3. The van der Waals surface area contributed by atoms with E-state index in [2.05, 4.69) is 15.3 Å². The lowest BCUT2D eigenvalue weighted by Gasteiger charge is -2.17. The highest BCUT2D eigenvalue weighted by Gasteiger charge is 2.29. The lowest BCUT2D eigenvalue weighted by Crippen LogP contribution is -2.29. The van der Waals surface area contributed by atoms with Crippen molar-refractivity contribution >= 4 is 51.5 Å². The Morgan fingerprint density at radius 1 is 1.48 bits per heavy atom. The van der Waals surface area contributed by atoms with Crippen molar-refractivity contribution in [3.63, 3.8) is 0 Å². The van der Waals surface area contributed by atoms with Gasteiger partial charge in [0.1, 0.15) is 17.2 Å². The van der Waals surface area contributed by atoms with Gasteiger partial charge in [-0.2, -0.15) is 4.98 Å². The molecule has 130 valence electrons. The molecule has 1 fully saturated rings. The number of hydrogen-bond acceptors (Lipinski definition) is 7. The SMILES string of the molecule is CNC(=O)O[C@@H]1CCN(c2nc(N)nc3c2oc2ccc(Cl)cc23)C1. The Morgan fingerprint density at radius 3 is 3.12 bits per heavy atom. The summed E-state index contributed by atoms with van der Waals surface area (Å²) in [7, 11) is 1.53. The van der Waals surface area contributed by atoms with Gasteiger partial charge in [0, 0.05) is 30.4 Å². The fourth-order valence-corrected chi connectivity index (χ4v) is 3.23. The van der Waals surface area contributed by atoms with E-state index in [1.54, 1.807) is 18.2 Å². The molecule has 1 amide bonds. The van der Waals surface area contributed by atoms with Crippen molar-refractivity contribution in [3.8, 4) is 0 Å². The van der Waals surface area contributed by atoms with Crippen molar-refractivity contribution in [2.24, 2.45) is 0 Å². The maximum atomic E-state index is 11.4. The molecule has 0 bridgehead atoms. The molecule has 1 aliphatic rings. The summed E-state index contributed by atoms with van der Waals surface area (Å²) < 4.78 is 11.3. The second-order valence-electron chi connectivity index (χ2n) is 5.84. The molecule has 1 saturated heterocycles. The number of carbonyl (C=O) groups excluding carboxylic acids is 1. The number of hydrogen-bond donors (Lipinski definition) is 2. The number of aromatic nitrogens is 2. The number of nitrogens with two attached hydrogens (primary N) is 1. The minimum absolute atomic E-state index is 0.154. The smallest absolute Gasteiger partial charge is 0.407 e. The van der Waals surface area contributed by atoms with Gasteiger partial charge in [0.2, 0.25) is 5.95 Å². The molecule has 3 N–H and O–H groups in total. The van der Waals surface area contributed by atoms with E-state index in [1.807, 2.05) is 4.90 Å². The number of carbonyl (C=O) groups is 1. The van der Waals surface area contributed by atoms with Crippen LogP contribution in [0.1, 0.15) is 6.42 Å². The lowest BCUT2D eigenvalue weighted by atomic mass is 10.2. The highest BCUT2D eigenvalue weighted by molar-refractivity contribution is 6.31. The van der Waals surface area contributed by atoms with E-state index < -0.39 is 6.09 Å². The van der Waals surface area contributed by atoms with Crippen molar-refractivity contribution in [3.05, 3.63) is 23.2 Å². The van der Waals surface area contributed by atoms with Crippen LogP contribution in [0.25, 0.3) is 22.1 Å². The van der Waals surface area contributed by atoms with Crippen LogP contribution in [0.2, 0.25) is 5.02 Å². The first-order valence-electron chi connectivity index (χ1n) is 7.83. The molecule has 4 rings (SSSR count). The zero-order valence-corrected chi connectivity index (χ0v) is 14.2. The van der Waals surface area contributed by atoms with E-state index in [4.69, 9.17) is 26.5 Å². The van der Waals surface area contributed by atoms with Gasteiger partial charge in [-0.05, 0) is 18.2 Å². The quantitative estimate of drug-likeness (QED) is 0.722. The van der Waals surface area contributed by atoms with Gasteiger partial charge in [-0.3, -0.25) is 0 Å². The van der Waals surface area contributed by atoms with Crippen molar-refractivity contribution in [1.29, 1.82) is 0 Å². The van der Waals surface area contributed by atoms with Gasteiger partial charge >= 0.3 is 6.09 Å². The zero-order valence-electron chi connectivity index (χ0n) is 13.5. The summed E-state index contributed by atoms with van der Waals surface area (Å²) in [5.41, 5.74) is 7.73. The molecule has 3 heterocycles. The molecule has 3 aromatic rings. The third-order valence-corrected chi connectivity index (χ3v) is 4.43. The first-order valence-corrected chi connectivity index (χ1v) is 8.21. The van der Waals surface area contributed by atoms with Crippen LogP contribution in [0.4, 0.5) is 16.6 Å². The van der Waals surface area contributed by atoms with Crippen molar-refractivity contribution in [2.75, 3.05) is 30.8 Å². The summed E-state index contributed by atoms with van der Waals surface area (Å²) >= 11 is 6.08. The molecule has 0 radical (unpaired) electrons. The molecule has 0 spiro atoms. The normalized spacial score (nSPS) is 17.4. The van der Waals surface area contributed by atoms with Crippen LogP contribution < -0.4 is 16.0 Å². The Kier molecular flexibility index (Phi) is 3.76. The minimum Gasteiger partial charge on any atom is -0.450 e. The van der Waals surface area contributed by atoms with Gasteiger partial charge in [0.05, 0.1) is 6.54 Å². The molecule has 1 aliphatic heterocycles. The van der Waals surface area contributed by atoms with Crippen molar-refractivity contribution < 1.29 is 13.9 Å². The Morgan fingerprint density at radius 2 is 2.32 bits per heavy atom. The van der Waals surface area contributed by atoms with Gasteiger partial charge in [0.15, 0.2) is 11.4 Å². The third kappa shape index (κ3) is 2.78. The average Bonchev–Trinajstić information content (AvgIpc) is 3.19. The van der Waals surface area contributed by atoms with E-state index in [-0.39, 0.29) is 12.1 Å². The predicted molar refractivity (Wildman–Crippen MR) is 94.9 cm³/mol. The van der Waals surface area contributed by atoms with Gasteiger partial charge in [0.25, 0.3) is 0 Å². The molecule has 0 aliphatic carbocycles. The Labute approximate surface area is 147 Å². The van der Waals surface area contributed by atoms with E-state index >= 15 is 0 Å². The molecule has 0 unspecified atom stereocenters. The summed E-state index contributed by atoms with van der Waals surface area (Å²) in [6, 6.07) is 5.34. The zero-order chi connectivity index (χ0) is 17.6. The van der Waals surface area contributed by atoms with Crippen molar-refractivity contribution in [2.45, 2.75) is 12.5 Å². The lowest BCUT2D eigenvalue weighted by molar-refractivity contribution is 0.110. The van der Waals surface area contributed by atoms with E-state index in [9.17, 15) is 4.79 Å². The highest BCUT2D eigenvalue weighted by atomic mass is 35.5. The number of anilines is 2. The molecule has 1 atom stereocenters. The van der Waals surface area contributed by atoms with E-state index in [1.165, 1.54) is 7.05 Å². The van der Waals surface area contributed by atoms with Crippen LogP contribution in [-0.4, -0.2) is 42.3 Å². The fraction of sp³-hybridized carbons (Fsp3) is 0.312. The van der Waals surface area contributed by atoms with Crippen LogP contribution in [-0.2, 0) is 4.74 Å². The van der Waals surface area contributed by atoms with E-state index in [0.29, 0.717) is 47.0 Å². The van der Waals surface area contributed by atoms with Crippen LogP contribution in [0.5, 0.6) is 0 Å². The fourth-order valence-electron chi connectivity index (χ4n) is 3.06. The first-order chi connectivity index (χ1) is 12.0. The number of ether oxygens (including phenoxy) is 1. The average molecular weight is 362 g/mol. The number of amides is 1. The molecular formula is C16H16ClN5O3. The van der Waals surface area contributed by atoms with Crippen LogP contribution in [0.3, 0.4) is 0 Å². The standard InChI is InChI=1S/C16H16ClN5O3/c1-19-16(23)24-9-4-5-22(7-9)14-13-12(20-15(18)21-14)10-6-8(17)2-3-11(10)25-13/h2-3,6,9H,4-5,7H2,1H3,(H,19,23)(H2,18,20,21)/t9-/m1/s1. The molecule has 0 saturated carbocycles. The molecule has 9 heteroatoms. The molecule has 2 aromatic heterocycles. The number of fused-ring (bicyclic) bond motifs is 3. The second kappa shape index (κ2) is 5.96. The minimum atomic E-state index is -0.447. The van der Waals surface area contributed by atoms with Crippen LogP contribution >= 0.6 is 11.6 Å². The van der Waals surface area contributed by atoms with Gasteiger partial charge in [-0.25, -0.2) is 9.78 Å². The third-order valence-electron chi connectivity index (χ3n) is 4.20. The largest absolute Gasteiger partial charge is 0.450 e. The van der Waals surface area contributed by atoms with Crippen LogP contribution in [0, 0.1) is 0 Å². The molecule has 1 aromatic carbocycles. The Bertz CT molecular complexity index is 973. The van der Waals surface area contributed by atoms with Crippen LogP contribution in [0.15, 0.2) is 22.6 Å².